The Bertz CT molecular complexity index is 2250. The molecule has 0 saturated carbocycles. The van der Waals surface area contributed by atoms with Crippen molar-refractivity contribution in [2.45, 2.75) is 166 Å². The smallest absolute Gasteiger partial charge is 0.478 e. The first-order valence-corrected chi connectivity index (χ1v) is 28.8. The summed E-state index contributed by atoms with van der Waals surface area (Å²) < 4.78 is 72.7. The Morgan fingerprint density at radius 1 is 0.959 bits per heavy atom. The van der Waals surface area contributed by atoms with Crippen molar-refractivity contribution < 1.29 is 105 Å². The van der Waals surface area contributed by atoms with Crippen LogP contribution in [0.25, 0.3) is 11.2 Å². The molecule has 0 aliphatic carbocycles. The zero-order valence-electron chi connectivity index (χ0n) is 40.7. The Balaban J connectivity index is 1.06. The molecule has 0 radical (unpaired) electrons. The lowest BCUT2D eigenvalue weighted by atomic mass is 9.87. The number of amides is 2. The van der Waals surface area contributed by atoms with Gasteiger partial charge in [-0.2, -0.15) is 0 Å². The standard InChI is InChI=1S/C40H70N7O22P3S/c1-23(65-39-27(50)18-26(49)24(2)66-39)11-9-7-5-6-8-10-12-25(48)17-30(52)73-16-15-42-29(51)13-14-43-37(55)34(54)40(3,4)20-64-72(61,62)69-71(59,60)63-19-28-33(68-70(56,57)58)32(53)38(67-28)47-22-46-31-35(41)44-21-45-36(31)47/h21-28,32-34,38-39,48-50,53-54H,5-20H2,1-4H3,(H,42,51)(H,43,55)(H,59,60)(H,61,62)(H2,41,44,45)(H2,56,57,58)/p-3/t23-,24+,25-,26-,27-,28-,32-,33-,34+,38-,39-/m1/s1. The molecule has 0 bridgehead atoms. The lowest BCUT2D eigenvalue weighted by Gasteiger charge is -2.36. The highest BCUT2D eigenvalue weighted by molar-refractivity contribution is 8.13. The number of hydrogen-bond acceptors (Lipinski definition) is 26. The van der Waals surface area contributed by atoms with Gasteiger partial charge in [0.05, 0.1) is 51.8 Å². The van der Waals surface area contributed by atoms with E-state index in [0.29, 0.717) is 6.42 Å². The minimum absolute atomic E-state index is 0.0231. The fourth-order valence-corrected chi connectivity index (χ4v) is 11.0. The molecule has 2 unspecified atom stereocenters. The molecular formula is C40H67N7O22P3S-3. The van der Waals surface area contributed by atoms with Crippen molar-refractivity contribution in [2.24, 2.45) is 5.41 Å². The summed E-state index contributed by atoms with van der Waals surface area (Å²) >= 11 is 0.954. The van der Waals surface area contributed by atoms with Gasteiger partial charge in [-0.05, 0) is 26.7 Å². The number of nitrogens with two attached hydrogens (primary N) is 1. The maximum atomic E-state index is 12.7. The molecule has 2 aliphatic heterocycles. The molecule has 2 fully saturated rings. The van der Waals surface area contributed by atoms with Crippen molar-refractivity contribution in [1.29, 1.82) is 0 Å². The van der Waals surface area contributed by atoms with Crippen LogP contribution >= 0.6 is 35.2 Å². The number of phosphoric ester groups is 3. The molecule has 33 heteroatoms. The molecule has 29 nitrogen and oxygen atoms in total. The molecule has 13 atom stereocenters. The number of hydrogen-bond donors (Lipinski definition) is 9. The molecular weight excluding hydrogens is 1060 g/mol. The molecule has 73 heavy (non-hydrogen) atoms. The van der Waals surface area contributed by atoms with Crippen LogP contribution in [0.3, 0.4) is 0 Å². The molecule has 10 N–H and O–H groups in total. The number of carbonyl (C=O) groups is 3. The van der Waals surface area contributed by atoms with Crippen LogP contribution in [-0.2, 0) is 60.2 Å². The van der Waals surface area contributed by atoms with E-state index in [1.54, 1.807) is 6.92 Å². The van der Waals surface area contributed by atoms with Gasteiger partial charge >= 0.3 is 7.82 Å². The Morgan fingerprint density at radius 2 is 1.63 bits per heavy atom. The van der Waals surface area contributed by atoms with Gasteiger partial charge < -0.3 is 89.3 Å². The van der Waals surface area contributed by atoms with Crippen LogP contribution in [0.1, 0.15) is 105 Å². The van der Waals surface area contributed by atoms with Gasteiger partial charge in [-0.25, -0.2) is 23.8 Å². The van der Waals surface area contributed by atoms with Crippen LogP contribution in [0.2, 0.25) is 0 Å². The molecule has 0 spiro atoms. The third-order valence-electron chi connectivity index (χ3n) is 11.6. The molecule has 2 aliphatic rings. The Hall–Kier alpha value is -2.64. The van der Waals surface area contributed by atoms with E-state index in [9.17, 15) is 73.2 Å². The van der Waals surface area contributed by atoms with E-state index in [-0.39, 0.29) is 66.3 Å². The molecule has 2 saturated heterocycles. The normalized spacial score (nSPS) is 25.7. The van der Waals surface area contributed by atoms with Crippen LogP contribution < -0.4 is 31.0 Å². The predicted octanol–water partition coefficient (Wildman–Crippen LogP) is -1.10. The molecule has 2 aromatic rings. The summed E-state index contributed by atoms with van der Waals surface area (Å²) in [5.74, 6) is -1.38. The highest BCUT2D eigenvalue weighted by atomic mass is 32.2. The number of nitrogen functional groups attached to an aromatic ring is 1. The molecule has 4 rings (SSSR count). The van der Waals surface area contributed by atoms with Crippen molar-refractivity contribution >= 4 is 69.1 Å². The van der Waals surface area contributed by atoms with E-state index in [4.69, 9.17) is 24.5 Å². The minimum Gasteiger partial charge on any atom is -0.790 e. The van der Waals surface area contributed by atoms with Gasteiger partial charge in [0.15, 0.2) is 29.1 Å². The van der Waals surface area contributed by atoms with E-state index >= 15 is 0 Å². The Labute approximate surface area is 425 Å². The van der Waals surface area contributed by atoms with Gasteiger partial charge in [-0.3, -0.25) is 28.0 Å². The average molecular weight is 1120 g/mol. The summed E-state index contributed by atoms with van der Waals surface area (Å²) in [6, 6.07) is 0. The summed E-state index contributed by atoms with van der Waals surface area (Å²) in [6.45, 7) is 3.72. The quantitative estimate of drug-likeness (QED) is 0.0310. The number of fused-ring (bicyclic) bond motifs is 1. The van der Waals surface area contributed by atoms with Gasteiger partial charge in [-0.15, -0.1) is 0 Å². The number of unbranched alkanes of at least 4 members (excludes halogenated alkanes) is 5. The van der Waals surface area contributed by atoms with Crippen molar-refractivity contribution in [1.82, 2.24) is 30.2 Å². The van der Waals surface area contributed by atoms with Crippen LogP contribution in [-0.4, -0.2) is 160 Å². The van der Waals surface area contributed by atoms with Gasteiger partial charge in [0.2, 0.25) is 11.8 Å². The van der Waals surface area contributed by atoms with E-state index in [1.807, 2.05) is 6.92 Å². The fraction of sp³-hybridized carbons (Fsp3) is 0.800. The Morgan fingerprint density at radius 3 is 2.32 bits per heavy atom. The van der Waals surface area contributed by atoms with Crippen LogP contribution in [0.4, 0.5) is 5.82 Å². The number of phosphoric acid groups is 3. The monoisotopic (exact) mass is 1120 g/mol. The van der Waals surface area contributed by atoms with E-state index < -0.39 is 115 Å². The molecule has 2 amide bonds. The SMILES string of the molecule is C[C@H](CCCCCCCC[C@@H](O)CC(=O)SCCNC(=O)CCNC(=O)[C@H](O)C(C)(C)COP(=O)(O)OP(=O)([O-])OC[C@H]1O[C@@H](n2cnc3c(N)ncnc32)[C@H](O)[C@@H]1OP(=O)([O-])[O-])O[C@@H]1O[C@@H](C)[C@H](O)C[C@H]1O. The lowest BCUT2D eigenvalue weighted by Crippen LogP contribution is -2.48. The van der Waals surface area contributed by atoms with Crippen molar-refractivity contribution in [2.75, 3.05) is 37.8 Å². The molecule has 2 aromatic heterocycles. The van der Waals surface area contributed by atoms with Crippen molar-refractivity contribution in [3.8, 4) is 0 Å². The molecule has 4 heterocycles. The summed E-state index contributed by atoms with van der Waals surface area (Å²) in [4.78, 5) is 94.8. The van der Waals surface area contributed by atoms with Gasteiger partial charge in [0.1, 0.15) is 42.4 Å². The number of ether oxygens (including phenoxy) is 3. The highest BCUT2D eigenvalue weighted by Gasteiger charge is 2.48. The second kappa shape index (κ2) is 28.7. The summed E-state index contributed by atoms with van der Waals surface area (Å²) in [5, 5.41) is 56.4. The lowest BCUT2D eigenvalue weighted by molar-refractivity contribution is -0.347. The van der Waals surface area contributed by atoms with E-state index in [0.717, 1.165) is 73.9 Å². The Kier molecular flexibility index (Phi) is 24.7. The number of aliphatic hydroxyl groups is 5. The summed E-state index contributed by atoms with van der Waals surface area (Å²) in [5.41, 5.74) is 4.09. The van der Waals surface area contributed by atoms with E-state index in [2.05, 4.69) is 38.9 Å². The summed E-state index contributed by atoms with van der Waals surface area (Å²) in [7, 11) is -17.4. The van der Waals surface area contributed by atoms with Gasteiger partial charge in [0.25, 0.3) is 7.82 Å². The number of nitrogens with zero attached hydrogens (tertiary/aromatic N) is 4. The summed E-state index contributed by atoms with van der Waals surface area (Å²) in [6.07, 6.45) is -4.23. The average Bonchev–Trinajstić information content (AvgIpc) is 3.85. The van der Waals surface area contributed by atoms with Gasteiger partial charge in [0, 0.05) is 43.5 Å². The number of aromatic nitrogens is 4. The zero-order valence-corrected chi connectivity index (χ0v) is 44.2. The van der Waals surface area contributed by atoms with E-state index in [1.165, 1.54) is 13.8 Å². The second-order valence-electron chi connectivity index (χ2n) is 18.3. The maximum Gasteiger partial charge on any atom is 0.478 e. The van der Waals surface area contributed by atoms with Crippen molar-refractivity contribution in [3.05, 3.63) is 12.7 Å². The topological polar surface area (TPSA) is 451 Å². The van der Waals surface area contributed by atoms with Crippen LogP contribution in [0.15, 0.2) is 12.7 Å². The second-order valence-corrected chi connectivity index (χ2v) is 23.6. The van der Waals surface area contributed by atoms with Crippen LogP contribution in [0, 0.1) is 5.41 Å². The number of imidazole rings is 1. The largest absolute Gasteiger partial charge is 0.790 e. The minimum atomic E-state index is -5.88. The van der Waals surface area contributed by atoms with Gasteiger partial charge in [-0.1, -0.05) is 64.1 Å². The number of nitrogens with one attached hydrogen (secondary N) is 2. The zero-order chi connectivity index (χ0) is 54.3. The first-order chi connectivity index (χ1) is 34.1. The third-order valence-corrected chi connectivity index (χ3v) is 15.5. The van der Waals surface area contributed by atoms with Crippen molar-refractivity contribution in [3.63, 3.8) is 0 Å². The van der Waals surface area contributed by atoms with Crippen LogP contribution in [0.5, 0.6) is 0 Å². The number of rotatable bonds is 32. The number of aliphatic hydroxyl groups excluding tert-OH is 5. The molecule has 0 aromatic carbocycles. The number of anilines is 1. The fourth-order valence-electron chi connectivity index (χ4n) is 7.51. The predicted molar refractivity (Wildman–Crippen MR) is 250 cm³/mol. The maximum absolute atomic E-state index is 12.7. The first-order valence-electron chi connectivity index (χ1n) is 23.4. The first kappa shape index (κ1) is 62.9. The number of carbonyl (C=O) groups excluding carboxylic acids is 3. The highest BCUT2D eigenvalue weighted by Crippen LogP contribution is 2.59. The number of thioether (sulfide) groups is 1. The molecule has 418 valence electrons. The third kappa shape index (κ3) is 21.0.